The van der Waals surface area contributed by atoms with Gasteiger partial charge in [-0.25, -0.2) is 9.97 Å². The van der Waals surface area contributed by atoms with Gasteiger partial charge in [-0.15, -0.1) is 22.7 Å². The van der Waals surface area contributed by atoms with Crippen molar-refractivity contribution in [2.45, 2.75) is 123 Å². The molecule has 1 aliphatic carbocycles. The first kappa shape index (κ1) is 40.9. The van der Waals surface area contributed by atoms with E-state index in [0.717, 1.165) is 66.7 Å². The second kappa shape index (κ2) is 17.7. The summed E-state index contributed by atoms with van der Waals surface area (Å²) >= 11 is 2.07. The summed E-state index contributed by atoms with van der Waals surface area (Å²) in [6.07, 6.45) is 0.463. The molecule has 1 aliphatic heterocycles. The van der Waals surface area contributed by atoms with Crippen LogP contribution >= 0.6 is 22.7 Å². The summed E-state index contributed by atoms with van der Waals surface area (Å²) in [5.74, 6) is -1.09. The third-order valence-electron chi connectivity index (χ3n) is 9.83. The van der Waals surface area contributed by atoms with Crippen molar-refractivity contribution in [2.75, 3.05) is 20.6 Å². The van der Waals surface area contributed by atoms with E-state index in [4.69, 9.17) is 4.74 Å². The van der Waals surface area contributed by atoms with Crippen LogP contribution in [0.5, 0.6) is 0 Å². The molecular weight excluding hydrogens is 704 g/mol. The van der Waals surface area contributed by atoms with Gasteiger partial charge >= 0.3 is 12.1 Å². The third-order valence-corrected chi connectivity index (χ3v) is 11.6. The molecule has 0 unspecified atom stereocenters. The first-order chi connectivity index (χ1) is 23.9. The van der Waals surface area contributed by atoms with Crippen LogP contribution in [0, 0.1) is 23.7 Å². The maximum absolute atomic E-state index is 14.1. The Balaban J connectivity index is 1.47. The molecule has 2 aromatic heterocycles. The van der Waals surface area contributed by atoms with Gasteiger partial charge in [-0.05, 0) is 63.5 Å². The Morgan fingerprint density at radius 2 is 1.75 bits per heavy atom. The fourth-order valence-electron chi connectivity index (χ4n) is 7.02. The number of ketones is 1. The van der Waals surface area contributed by atoms with Gasteiger partial charge in [0.05, 0.1) is 11.0 Å². The van der Waals surface area contributed by atoms with Crippen molar-refractivity contribution in [2.24, 2.45) is 23.7 Å². The van der Waals surface area contributed by atoms with Crippen LogP contribution in [-0.2, 0) is 31.7 Å². The summed E-state index contributed by atoms with van der Waals surface area (Å²) in [5, 5.41) is 6.12. The van der Waals surface area contributed by atoms with Crippen molar-refractivity contribution < 1.29 is 37.1 Å². The summed E-state index contributed by atoms with van der Waals surface area (Å²) in [7, 11) is 3.72. The molecule has 51 heavy (non-hydrogen) atoms. The van der Waals surface area contributed by atoms with E-state index < -0.39 is 41.8 Å². The molecule has 0 bridgehead atoms. The Bertz CT molecular complexity index is 1510. The monoisotopic (exact) mass is 755 g/mol. The molecule has 3 heterocycles. The topological polar surface area (TPSA) is 122 Å². The van der Waals surface area contributed by atoms with Crippen LogP contribution in [0.2, 0.25) is 0 Å². The van der Waals surface area contributed by atoms with Crippen LogP contribution in [0.3, 0.4) is 0 Å². The average Bonchev–Trinajstić information content (AvgIpc) is 3.54. The van der Waals surface area contributed by atoms with E-state index in [9.17, 15) is 32.3 Å². The van der Waals surface area contributed by atoms with Crippen molar-refractivity contribution in [1.29, 1.82) is 0 Å². The van der Waals surface area contributed by atoms with Gasteiger partial charge < -0.3 is 15.0 Å². The molecule has 0 radical (unpaired) electrons. The second-order valence-electron chi connectivity index (χ2n) is 14.9. The molecular formula is C36H52F3N5O5S2. The highest BCUT2D eigenvalue weighted by Crippen LogP contribution is 2.41. The summed E-state index contributed by atoms with van der Waals surface area (Å²) in [6, 6.07) is -0.986. The number of carbonyl (C=O) groups is 4. The lowest BCUT2D eigenvalue weighted by Crippen LogP contribution is -2.47. The fraction of sp³-hybridized carbons (Fsp3) is 0.722. The molecule has 284 valence electrons. The van der Waals surface area contributed by atoms with E-state index in [1.54, 1.807) is 17.3 Å². The number of piperidine rings is 1. The number of alkyl halides is 3. The first-order valence-corrected chi connectivity index (χ1v) is 19.6. The van der Waals surface area contributed by atoms with E-state index in [-0.39, 0.29) is 71.5 Å². The van der Waals surface area contributed by atoms with Crippen molar-refractivity contribution in [3.63, 3.8) is 0 Å². The lowest BCUT2D eigenvalue weighted by Gasteiger charge is -2.36. The van der Waals surface area contributed by atoms with E-state index in [2.05, 4.69) is 20.2 Å². The standard InChI is InChI=1S/C36H52F3N5O5S2/c1-20(2)14-24(15-32-42-31(19-50-32)36(37,38)39)40-33(47)26-18-51-34(41-26)30(49-22(5)45)17-28(21(3)4)44(7)35(48)25(23-11-12-23)16-29(46)27-10-8-9-13-43(27)6/h18-21,23-25,27-28,30H,8-17H2,1-7H3,(H,40,47)/t24-,25+,27-,28-,30-/m1/s1. The quantitative estimate of drug-likeness (QED) is 0.172. The van der Waals surface area contributed by atoms with Gasteiger partial charge in [0.2, 0.25) is 5.91 Å². The van der Waals surface area contributed by atoms with Crippen LogP contribution in [0.1, 0.15) is 118 Å². The van der Waals surface area contributed by atoms with Gasteiger partial charge in [-0.3, -0.25) is 24.1 Å². The van der Waals surface area contributed by atoms with Crippen LogP contribution in [0.25, 0.3) is 0 Å². The van der Waals surface area contributed by atoms with E-state index in [1.165, 1.54) is 6.92 Å². The van der Waals surface area contributed by atoms with Crippen molar-refractivity contribution in [3.8, 4) is 0 Å². The molecule has 2 fully saturated rings. The largest absolute Gasteiger partial charge is 0.455 e. The Morgan fingerprint density at radius 3 is 2.31 bits per heavy atom. The molecule has 10 nitrogen and oxygen atoms in total. The Morgan fingerprint density at radius 1 is 1.04 bits per heavy atom. The van der Waals surface area contributed by atoms with Crippen molar-refractivity contribution in [1.82, 2.24) is 25.1 Å². The maximum Gasteiger partial charge on any atom is 0.434 e. The summed E-state index contributed by atoms with van der Waals surface area (Å²) in [4.78, 5) is 65.3. The Hall–Kier alpha value is -2.91. The fourth-order valence-corrected chi connectivity index (χ4v) is 8.74. The van der Waals surface area contributed by atoms with Gasteiger partial charge in [0.25, 0.3) is 5.91 Å². The van der Waals surface area contributed by atoms with Gasteiger partial charge in [0.15, 0.2) is 17.6 Å². The molecule has 2 aromatic rings. The Kier molecular flexibility index (Phi) is 14.2. The zero-order valence-corrected chi connectivity index (χ0v) is 32.3. The van der Waals surface area contributed by atoms with Gasteiger partial charge in [-0.2, -0.15) is 13.2 Å². The number of rotatable bonds is 17. The number of ether oxygens (including phenoxy) is 1. The number of hydrogen-bond acceptors (Lipinski definition) is 10. The number of Topliss-reactive ketones (excluding diaryl/α,β-unsaturated/α-hetero) is 1. The predicted molar refractivity (Wildman–Crippen MR) is 190 cm³/mol. The molecule has 1 saturated carbocycles. The molecule has 1 N–H and O–H groups in total. The number of likely N-dealkylation sites (tertiary alicyclic amines) is 1. The number of amides is 2. The van der Waals surface area contributed by atoms with Crippen LogP contribution in [0.4, 0.5) is 13.2 Å². The van der Waals surface area contributed by atoms with Gasteiger partial charge in [0, 0.05) is 62.0 Å². The second-order valence-corrected chi connectivity index (χ2v) is 16.7. The minimum absolute atomic E-state index is 0.0275. The highest BCUT2D eigenvalue weighted by atomic mass is 32.1. The van der Waals surface area contributed by atoms with E-state index in [1.807, 2.05) is 34.7 Å². The van der Waals surface area contributed by atoms with E-state index in [0.29, 0.717) is 11.4 Å². The SMILES string of the molecule is CC(=O)O[C@H](C[C@H](C(C)C)N(C)C(=O)[C@@H](CC(=O)[C@H]1CCCCN1C)C1CC1)c1nc(C(=O)N[C@@H](Cc2nc(C(F)(F)F)cs2)CC(C)C)cs1. The number of carbonyl (C=O) groups excluding carboxylic acids is 4. The predicted octanol–water partition coefficient (Wildman–Crippen LogP) is 6.95. The minimum Gasteiger partial charge on any atom is -0.455 e. The normalized spacial score (nSPS) is 19.4. The molecule has 2 aliphatic rings. The average molecular weight is 756 g/mol. The molecule has 1 saturated heterocycles. The molecule has 2 amide bonds. The van der Waals surface area contributed by atoms with Crippen molar-refractivity contribution in [3.05, 3.63) is 32.2 Å². The minimum atomic E-state index is -4.54. The number of likely N-dealkylation sites (N-methyl/N-ethyl adjacent to an activating group) is 1. The number of halogens is 3. The third kappa shape index (κ3) is 11.5. The number of thiazole rings is 2. The van der Waals surface area contributed by atoms with E-state index >= 15 is 0 Å². The number of hydrogen-bond donors (Lipinski definition) is 1. The molecule has 5 atom stereocenters. The lowest BCUT2D eigenvalue weighted by molar-refractivity contribution is -0.149. The number of esters is 1. The van der Waals surface area contributed by atoms with Crippen LogP contribution < -0.4 is 5.32 Å². The molecule has 0 aromatic carbocycles. The summed E-state index contributed by atoms with van der Waals surface area (Å²) in [6.45, 7) is 10.1. The first-order valence-electron chi connectivity index (χ1n) is 17.9. The molecule has 4 rings (SSSR count). The number of nitrogens with one attached hydrogen (secondary N) is 1. The molecule has 0 spiro atoms. The summed E-state index contributed by atoms with van der Waals surface area (Å²) < 4.78 is 45.1. The summed E-state index contributed by atoms with van der Waals surface area (Å²) in [5.41, 5.74) is -0.852. The zero-order valence-electron chi connectivity index (χ0n) is 30.6. The molecule has 15 heteroatoms. The number of aromatic nitrogens is 2. The highest BCUT2D eigenvalue weighted by Gasteiger charge is 2.42. The lowest BCUT2D eigenvalue weighted by atomic mass is 9.88. The van der Waals surface area contributed by atoms with Crippen LogP contribution in [0.15, 0.2) is 10.8 Å². The zero-order chi connectivity index (χ0) is 37.6. The highest BCUT2D eigenvalue weighted by molar-refractivity contribution is 7.10. The van der Waals surface area contributed by atoms with Crippen LogP contribution in [-0.4, -0.2) is 82.1 Å². The number of nitrogens with zero attached hydrogens (tertiary/aromatic N) is 4. The maximum atomic E-state index is 14.1. The van der Waals surface area contributed by atoms with Crippen molar-refractivity contribution >= 4 is 46.2 Å². The van der Waals surface area contributed by atoms with Gasteiger partial charge in [-0.1, -0.05) is 34.1 Å². The Labute approximate surface area is 306 Å². The smallest absolute Gasteiger partial charge is 0.434 e. The van der Waals surface area contributed by atoms with Gasteiger partial charge in [0.1, 0.15) is 10.7 Å².